The van der Waals surface area contributed by atoms with Crippen molar-refractivity contribution in [3.8, 4) is 0 Å². The van der Waals surface area contributed by atoms with Crippen LogP contribution in [0.25, 0.3) is 5.76 Å². The maximum Gasteiger partial charge on any atom is 0.317 e. The minimum Gasteiger partial charge on any atom is -0.507 e. The first-order chi connectivity index (χ1) is 18.7. The predicted molar refractivity (Wildman–Crippen MR) is 149 cm³/mol. The van der Waals surface area contributed by atoms with Crippen molar-refractivity contribution in [1.29, 1.82) is 0 Å². The third-order valence-electron chi connectivity index (χ3n) is 6.25. The number of hydrogen-bond donors (Lipinski definition) is 3. The van der Waals surface area contributed by atoms with E-state index in [1.807, 2.05) is 13.8 Å². The van der Waals surface area contributed by atoms with E-state index in [2.05, 4.69) is 5.43 Å². The molecule has 196 valence electrons. The van der Waals surface area contributed by atoms with Gasteiger partial charge in [-0.3, -0.25) is 19.8 Å². The number of nitrogens with one attached hydrogen (secondary N) is 1. The maximum atomic E-state index is 13.9. The number of anilines is 1. The van der Waals surface area contributed by atoms with E-state index >= 15 is 0 Å². The van der Waals surface area contributed by atoms with Crippen molar-refractivity contribution in [2.24, 2.45) is 0 Å². The summed E-state index contributed by atoms with van der Waals surface area (Å²) in [6.07, 6.45) is 0.798. The van der Waals surface area contributed by atoms with Crippen molar-refractivity contribution in [1.82, 2.24) is 5.43 Å². The molecular weight excluding hydrogens is 492 g/mol. The Balaban J connectivity index is 1.73. The van der Waals surface area contributed by atoms with Crippen LogP contribution in [-0.4, -0.2) is 27.8 Å². The summed E-state index contributed by atoms with van der Waals surface area (Å²) in [4.78, 5) is 40.2. The van der Waals surface area contributed by atoms with Gasteiger partial charge in [0.05, 0.1) is 5.69 Å². The van der Waals surface area contributed by atoms with Crippen LogP contribution < -0.4 is 10.4 Å². The van der Waals surface area contributed by atoms with Crippen LogP contribution in [0.3, 0.4) is 0 Å². The second kappa shape index (κ2) is 11.6. The first-order valence-electron chi connectivity index (χ1n) is 12.3. The predicted octanol–water partition coefficient (Wildman–Crippen LogP) is 4.77. The van der Waals surface area contributed by atoms with E-state index < -0.39 is 29.0 Å². The molecule has 0 unspecified atom stereocenters. The van der Waals surface area contributed by atoms with Crippen LogP contribution in [0, 0.1) is 13.8 Å². The summed E-state index contributed by atoms with van der Waals surface area (Å²) >= 11 is 0. The smallest absolute Gasteiger partial charge is 0.317 e. The van der Waals surface area contributed by atoms with Crippen LogP contribution in [0.15, 0.2) is 115 Å². The average molecular weight is 521 g/mol. The van der Waals surface area contributed by atoms with Gasteiger partial charge in [0.25, 0.3) is 5.91 Å². The summed E-state index contributed by atoms with van der Waals surface area (Å²) in [5, 5.41) is 23.1. The second-order valence-electron chi connectivity index (χ2n) is 9.12. The summed E-state index contributed by atoms with van der Waals surface area (Å²) in [5.41, 5.74) is 3.22. The first kappa shape index (κ1) is 27.0. The minimum atomic E-state index is -2.19. The molecule has 4 aromatic rings. The van der Waals surface area contributed by atoms with Crippen LogP contribution >= 0.6 is 0 Å². The monoisotopic (exact) mass is 520 g/mol. The fourth-order valence-corrected chi connectivity index (χ4v) is 4.00. The van der Waals surface area contributed by atoms with Crippen molar-refractivity contribution in [2.45, 2.75) is 19.4 Å². The lowest BCUT2D eigenvalue weighted by Crippen LogP contribution is -2.56. The van der Waals surface area contributed by atoms with Gasteiger partial charge < -0.3 is 10.2 Å². The molecular formula is C32H28N2O5. The molecule has 0 spiro atoms. The number of hydrazine groups is 1. The Bertz CT molecular complexity index is 1450. The molecule has 0 atom stereocenters. The molecule has 7 heteroatoms. The van der Waals surface area contributed by atoms with Gasteiger partial charge in [-0.15, -0.1) is 0 Å². The van der Waals surface area contributed by atoms with Crippen LogP contribution in [-0.2, 0) is 20.0 Å². The van der Waals surface area contributed by atoms with Gasteiger partial charge in [-0.05, 0) is 37.1 Å². The molecule has 4 aromatic carbocycles. The van der Waals surface area contributed by atoms with E-state index in [1.54, 1.807) is 97.1 Å². The number of carbonyl (C=O) groups is 3. The van der Waals surface area contributed by atoms with Gasteiger partial charge in [0.15, 0.2) is 5.60 Å². The Morgan fingerprint density at radius 2 is 1.18 bits per heavy atom. The highest BCUT2D eigenvalue weighted by Gasteiger charge is 2.42. The summed E-state index contributed by atoms with van der Waals surface area (Å²) in [5.74, 6) is -3.55. The molecule has 0 aromatic heterocycles. The molecule has 0 saturated heterocycles. The molecule has 0 heterocycles. The van der Waals surface area contributed by atoms with Gasteiger partial charge >= 0.3 is 5.91 Å². The molecule has 3 N–H and O–H groups in total. The quantitative estimate of drug-likeness (QED) is 0.141. The van der Waals surface area contributed by atoms with E-state index in [4.69, 9.17) is 0 Å². The standard InChI is InChI=1S/C32H28N2O5/c1-22-13-17-25(18-14-22)32(39,26-19-15-23(2)16-20-26)31(38)33-34(27-11-7-4-8-12-27)30(37)29(36)21-28(35)24-9-5-3-6-10-24/h3-21,35,39H,1-2H3,(H,33,38)/b28-21+. The van der Waals surface area contributed by atoms with Crippen LogP contribution in [0.1, 0.15) is 27.8 Å². The van der Waals surface area contributed by atoms with Crippen LogP contribution in [0.4, 0.5) is 5.69 Å². The molecule has 0 aliphatic carbocycles. The number of rotatable bonds is 7. The number of aliphatic hydroxyl groups is 2. The van der Waals surface area contributed by atoms with Crippen molar-refractivity contribution in [2.75, 3.05) is 5.01 Å². The van der Waals surface area contributed by atoms with E-state index in [0.29, 0.717) is 5.56 Å². The Kier molecular flexibility index (Phi) is 8.03. The molecule has 0 radical (unpaired) electrons. The lowest BCUT2D eigenvalue weighted by molar-refractivity contribution is -0.140. The Morgan fingerprint density at radius 3 is 1.67 bits per heavy atom. The lowest BCUT2D eigenvalue weighted by Gasteiger charge is -2.31. The molecule has 4 rings (SSSR count). The normalized spacial score (nSPS) is 11.5. The largest absolute Gasteiger partial charge is 0.507 e. The number of nitrogens with zero attached hydrogens (tertiary/aromatic N) is 1. The molecule has 0 saturated carbocycles. The number of aryl methyl sites for hydroxylation is 2. The van der Waals surface area contributed by atoms with Gasteiger partial charge in [-0.2, -0.15) is 0 Å². The fourth-order valence-electron chi connectivity index (χ4n) is 4.00. The molecule has 0 bridgehead atoms. The van der Waals surface area contributed by atoms with Gasteiger partial charge in [0.2, 0.25) is 5.78 Å². The third-order valence-corrected chi connectivity index (χ3v) is 6.25. The van der Waals surface area contributed by atoms with Crippen molar-refractivity contribution in [3.63, 3.8) is 0 Å². The van der Waals surface area contributed by atoms with Crippen LogP contribution in [0.2, 0.25) is 0 Å². The van der Waals surface area contributed by atoms with Crippen molar-refractivity contribution >= 4 is 29.0 Å². The summed E-state index contributed by atoms with van der Waals surface area (Å²) < 4.78 is 0. The fraction of sp³-hybridized carbons (Fsp3) is 0.0938. The highest BCUT2D eigenvalue weighted by atomic mass is 16.3. The minimum absolute atomic E-state index is 0.187. The molecule has 7 nitrogen and oxygen atoms in total. The number of aliphatic hydroxyl groups excluding tert-OH is 1. The van der Waals surface area contributed by atoms with Crippen molar-refractivity contribution in [3.05, 3.63) is 143 Å². The zero-order valence-corrected chi connectivity index (χ0v) is 21.5. The first-order valence-corrected chi connectivity index (χ1v) is 12.3. The topological polar surface area (TPSA) is 107 Å². The zero-order chi connectivity index (χ0) is 28.0. The lowest BCUT2D eigenvalue weighted by atomic mass is 9.85. The van der Waals surface area contributed by atoms with E-state index in [9.17, 15) is 24.6 Å². The molecule has 2 amide bonds. The molecule has 39 heavy (non-hydrogen) atoms. The molecule has 0 aliphatic heterocycles. The third kappa shape index (κ3) is 5.95. The number of ketones is 1. The summed E-state index contributed by atoms with van der Waals surface area (Å²) in [6.45, 7) is 3.77. The van der Waals surface area contributed by atoms with Gasteiger partial charge in [0, 0.05) is 11.6 Å². The molecule has 0 aliphatic rings. The molecule has 0 fully saturated rings. The van der Waals surface area contributed by atoms with E-state index in [-0.39, 0.29) is 16.8 Å². The van der Waals surface area contributed by atoms with Gasteiger partial charge in [-0.1, -0.05) is 108 Å². The number of para-hydroxylation sites is 1. The maximum absolute atomic E-state index is 13.9. The highest BCUT2D eigenvalue weighted by molar-refractivity contribution is 6.46. The second-order valence-corrected chi connectivity index (χ2v) is 9.12. The average Bonchev–Trinajstić information content (AvgIpc) is 2.96. The summed E-state index contributed by atoms with van der Waals surface area (Å²) in [7, 11) is 0. The van der Waals surface area contributed by atoms with Gasteiger partial charge in [0.1, 0.15) is 5.76 Å². The summed E-state index contributed by atoms with van der Waals surface area (Å²) in [6, 6.07) is 29.9. The number of benzene rings is 4. The number of amides is 2. The SMILES string of the molecule is Cc1ccc(C(O)(C(=O)NN(C(=O)C(=O)/C=C(/O)c2ccccc2)c2ccccc2)c2ccc(C)cc2)cc1. The highest BCUT2D eigenvalue weighted by Crippen LogP contribution is 2.31. The zero-order valence-electron chi connectivity index (χ0n) is 21.5. The Morgan fingerprint density at radius 1 is 0.718 bits per heavy atom. The van der Waals surface area contributed by atoms with Crippen LogP contribution in [0.5, 0.6) is 0 Å². The Labute approximate surface area is 226 Å². The van der Waals surface area contributed by atoms with Crippen molar-refractivity contribution < 1.29 is 24.6 Å². The number of hydrogen-bond acceptors (Lipinski definition) is 5. The van der Waals surface area contributed by atoms with E-state index in [1.165, 1.54) is 12.1 Å². The Hall–Kier alpha value is -5.01. The number of carbonyl (C=O) groups excluding carboxylic acids is 3. The van der Waals surface area contributed by atoms with E-state index in [0.717, 1.165) is 22.2 Å². The van der Waals surface area contributed by atoms with Gasteiger partial charge in [-0.25, -0.2) is 5.01 Å².